The molecule has 5 aliphatic heterocycles. The third-order valence-electron chi connectivity index (χ3n) is 21.2. The zero-order valence-electron chi connectivity index (χ0n) is 72.6. The Kier molecular flexibility index (Phi) is 31.9. The number of rotatable bonds is 22. The van der Waals surface area contributed by atoms with Crippen molar-refractivity contribution in [1.29, 1.82) is 10.5 Å². The SMILES string of the molecule is CC1=NN(c2ccc(C(=O)O)cc2)C(=O)C1(Br)CSC(=O)n1nnc2ccccc21.CC1=NN(c2ccc(C)cc2)C(=O)C1(Cl)CON(C)C.CC1=NN(c2ccc([N+](=O)[O-])cc2)C(=O)C1(Cl)COC(=O)n1ncc2cc([N+](=O)[O-])ccc21.CC1=NN(c2ccccc2)C(=O)C1(Cl)COC=C(C#N)C#N.COc1cc(Cl)c(N2N=C(C)C(Br)(COC=C3C(=O)C(C)C(C)C3=O)C2=O)c(Cl)c1. The van der Waals surface area contributed by atoms with Crippen LogP contribution in [0.3, 0.4) is 0 Å². The van der Waals surface area contributed by atoms with Crippen molar-refractivity contribution in [2.75, 3.05) is 78.4 Å². The van der Waals surface area contributed by atoms with Crippen LogP contribution in [0.25, 0.3) is 21.9 Å². The van der Waals surface area contributed by atoms with Gasteiger partial charge >= 0.3 is 17.3 Å². The molecule has 7 heterocycles. The number of fused-ring (bicyclic) bond motifs is 2. The summed E-state index contributed by atoms with van der Waals surface area (Å²) in [5.74, 6) is -4.12. The summed E-state index contributed by atoms with van der Waals surface area (Å²) in [4.78, 5) is 146. The summed E-state index contributed by atoms with van der Waals surface area (Å²) in [6.07, 6.45) is 2.43. The Morgan fingerprint density at radius 2 is 1.04 bits per heavy atom. The van der Waals surface area contributed by atoms with Crippen molar-refractivity contribution in [3.05, 3.63) is 229 Å². The first-order chi connectivity index (χ1) is 63.8. The van der Waals surface area contributed by atoms with Gasteiger partial charge in [-0.05, 0) is 120 Å². The van der Waals surface area contributed by atoms with Crippen LogP contribution in [0.4, 0.5) is 49.4 Å². The number of thioether (sulfide) groups is 1. The number of hydroxylamine groups is 2. The third-order valence-corrected chi connectivity index (χ3v) is 27.2. The molecule has 1 aliphatic carbocycles. The number of Topliss-reactive ketones (excluding diaryl/α,β-unsaturated/α-hetero) is 2. The molecule has 1 N–H and O–H groups in total. The summed E-state index contributed by atoms with van der Waals surface area (Å²) in [7, 11) is 4.95. The number of halogens is 7. The number of methoxy groups -OCH3 is 1. The standard InChI is InChI=1S/C20H19BrCl2N2O5.C19H14BrN5O4S.C19H13ClN6O7.C15H11ClN4O2.C14H18ClN3O2/c1-9-10(2)18(27)13(17(9)26)7-30-8-20(21)11(3)24-25(19(20)28)16-14(22)5-12(29-4)6-15(16)23;1-11-19(20,10-30-18(29)25-15-5-3-2-4-14(15)21-23-25)17(28)24(22-11)13-8-6-12(7-9-13)16(26)27;1-11-19(20,17(27)23(22-11)13-2-4-14(5-3-13)25(29)30)10-33-18(28)24-16-7-6-15(26(31)32)8-12(16)9-21-24;1-11-15(16,10-22-9-12(7-17)8-18)14(21)20(19-11)13-5-3-2-4-6-13;1-10-5-7-12(8-6-10)18-13(19)14(15,11(2)16-18)9-20-17(3)4/h5-7,9-10H,8H2,1-4H3;2-9H,10H2,1H3,(H,26,27);2-9H,10H2,1H3;2-6,9H,10H2,1H3;5-8H,9H2,1-4H3. The van der Waals surface area contributed by atoms with Crippen LogP contribution in [0, 0.1) is 61.7 Å². The van der Waals surface area contributed by atoms with Crippen LogP contribution in [0.15, 0.2) is 213 Å². The highest BCUT2D eigenvalue weighted by Crippen LogP contribution is 2.45. The van der Waals surface area contributed by atoms with Gasteiger partial charge in [-0.1, -0.05) is 169 Å². The minimum atomic E-state index is -1.79. The first-order valence-corrected chi connectivity index (χ1v) is 44.1. The van der Waals surface area contributed by atoms with Crippen molar-refractivity contribution in [2.45, 2.75) is 78.7 Å². The van der Waals surface area contributed by atoms with Crippen LogP contribution < -0.4 is 29.8 Å². The number of para-hydroxylation sites is 2. The molecule has 135 heavy (non-hydrogen) atoms. The predicted octanol–water partition coefficient (Wildman–Crippen LogP) is 15.3. The number of allylic oxidation sites excluding steroid dienone is 2. The lowest BCUT2D eigenvalue weighted by atomic mass is 10.00. The molecule has 0 spiro atoms. The van der Waals surface area contributed by atoms with Gasteiger partial charge in [-0.15, -0.1) is 5.10 Å². The predicted molar refractivity (Wildman–Crippen MR) is 510 cm³/mol. The number of amides is 5. The van der Waals surface area contributed by atoms with E-state index in [1.807, 2.05) is 37.3 Å². The Hall–Kier alpha value is -13.6. The van der Waals surface area contributed by atoms with Gasteiger partial charge < -0.3 is 24.1 Å². The van der Waals surface area contributed by atoms with Gasteiger partial charge in [0.1, 0.15) is 61.8 Å². The normalized spacial score (nSPS) is 21.0. The third kappa shape index (κ3) is 21.5. The molecule has 5 amide bonds. The minimum absolute atomic E-state index is 0.00392. The smallest absolute Gasteiger partial charge is 0.435 e. The molecule has 1 fully saturated rings. The van der Waals surface area contributed by atoms with Gasteiger partial charge in [0.05, 0.1) is 113 Å². The van der Waals surface area contributed by atoms with Gasteiger partial charge in [-0.25, -0.2) is 9.59 Å². The number of carboxylic acids is 1. The van der Waals surface area contributed by atoms with Crippen molar-refractivity contribution in [3.63, 3.8) is 0 Å². The Bertz CT molecular complexity index is 6570. The molecular weight excluding hydrogens is 2010 g/mol. The van der Waals surface area contributed by atoms with Crippen molar-refractivity contribution < 1.29 is 86.7 Å². The fourth-order valence-corrected chi connectivity index (χ4v) is 16.0. The lowest BCUT2D eigenvalue weighted by Gasteiger charge is -2.22. The molecule has 48 heteroatoms. The summed E-state index contributed by atoms with van der Waals surface area (Å²) < 4.78 is 20.6. The first kappa shape index (κ1) is 102. The number of nitro benzene ring substituents is 2. The van der Waals surface area contributed by atoms with Gasteiger partial charge in [-0.2, -0.15) is 80.6 Å². The number of nitro groups is 2. The average molecular weight is 2090 g/mol. The number of alkyl halides is 5. The summed E-state index contributed by atoms with van der Waals surface area (Å²) in [5.41, 5.74) is 6.31. The molecule has 2 aromatic heterocycles. The molecule has 698 valence electrons. The number of aromatic nitrogens is 5. The number of carbonyl (C=O) groups excluding carboxylic acids is 9. The Morgan fingerprint density at radius 3 is 1.56 bits per heavy atom. The molecule has 40 nitrogen and oxygen atoms in total. The summed E-state index contributed by atoms with van der Waals surface area (Å²) >= 11 is 39.6. The molecule has 1 saturated carbocycles. The summed E-state index contributed by atoms with van der Waals surface area (Å²) in [6.45, 7) is 12.6. The highest BCUT2D eigenvalue weighted by atomic mass is 79.9. The van der Waals surface area contributed by atoms with Gasteiger partial charge in [0.2, 0.25) is 0 Å². The average Bonchev–Trinajstić information content (AvgIpc) is 1.49. The van der Waals surface area contributed by atoms with Crippen LogP contribution in [0.5, 0.6) is 5.75 Å². The number of aromatic carboxylic acids is 1. The number of nitrogens with zero attached hydrogens (tertiary/aromatic N) is 20. The molecule has 7 atom stereocenters. The lowest BCUT2D eigenvalue weighted by molar-refractivity contribution is -0.385. The molecule has 6 aliphatic rings. The molecule has 0 saturated heterocycles. The molecule has 7 unspecified atom stereocenters. The second-order valence-corrected chi connectivity index (χ2v) is 36.6. The van der Waals surface area contributed by atoms with E-state index in [9.17, 15) is 68.2 Å². The molecule has 9 aromatic rings. The van der Waals surface area contributed by atoms with E-state index in [4.69, 9.17) is 97.4 Å². The number of ether oxygens (including phenoxy) is 4. The van der Waals surface area contributed by atoms with E-state index < -0.39 is 81.3 Å². The molecular formula is C87H75Br2Cl5N20O20S. The number of nitriles is 2. The zero-order chi connectivity index (χ0) is 98.8. The minimum Gasteiger partial charge on any atom is -0.498 e. The second-order valence-electron chi connectivity index (χ2n) is 30.2. The maximum Gasteiger partial charge on any atom is 0.435 e. The largest absolute Gasteiger partial charge is 0.498 e. The van der Waals surface area contributed by atoms with E-state index in [0.717, 1.165) is 44.5 Å². The van der Waals surface area contributed by atoms with Crippen LogP contribution in [-0.4, -0.2) is 208 Å². The van der Waals surface area contributed by atoms with E-state index in [1.54, 1.807) is 116 Å². The number of hydrazone groups is 5. The molecule has 15 rings (SSSR count). The van der Waals surface area contributed by atoms with E-state index >= 15 is 0 Å². The maximum absolute atomic E-state index is 13.1. The van der Waals surface area contributed by atoms with Crippen molar-refractivity contribution in [1.82, 2.24) is 29.8 Å². The van der Waals surface area contributed by atoms with Crippen LogP contribution in [0.2, 0.25) is 10.0 Å². The van der Waals surface area contributed by atoms with Gasteiger partial charge in [0.15, 0.2) is 40.4 Å². The Morgan fingerprint density at radius 1 is 0.570 bits per heavy atom. The van der Waals surface area contributed by atoms with Crippen molar-refractivity contribution in [2.24, 2.45) is 37.3 Å². The lowest BCUT2D eigenvalue weighted by Crippen LogP contribution is -2.45. The number of hydrogen-bond donors (Lipinski definition) is 1. The van der Waals surface area contributed by atoms with E-state index in [1.165, 1.54) is 124 Å². The number of anilines is 5. The monoisotopic (exact) mass is 2080 g/mol. The summed E-state index contributed by atoms with van der Waals surface area (Å²) in [6, 6.07) is 44.6. The number of aryl methyl sites for hydroxylation is 1. The number of benzene rings is 7. The Balaban J connectivity index is 0.000000164. The summed E-state index contributed by atoms with van der Waals surface area (Å²) in [5, 5.41) is 88.6. The van der Waals surface area contributed by atoms with Crippen LogP contribution in [0.1, 0.15) is 64.4 Å². The van der Waals surface area contributed by atoms with E-state index in [-0.39, 0.29) is 115 Å². The van der Waals surface area contributed by atoms with Gasteiger partial charge in [0.25, 0.3) is 40.9 Å². The molecule has 0 radical (unpaired) electrons. The van der Waals surface area contributed by atoms with E-state index in [2.05, 4.69) is 72.8 Å². The highest BCUT2D eigenvalue weighted by Gasteiger charge is 2.55. The van der Waals surface area contributed by atoms with Crippen molar-refractivity contribution >= 4 is 250 Å². The molecule has 0 bridgehead atoms. The quantitative estimate of drug-likeness (QED) is 0.0125. The number of ketones is 2. The number of hydrogen-bond acceptors (Lipinski definition) is 31. The fraction of sp³-hybridized carbons (Fsp3) is 0.264. The second kappa shape index (κ2) is 42.3. The number of non-ortho nitro benzene ring substituents is 2. The fourth-order valence-electron chi connectivity index (χ4n) is 12.9. The number of carbonyl (C=O) groups is 10. The van der Waals surface area contributed by atoms with Crippen LogP contribution >= 0.6 is 102 Å². The Labute approximate surface area is 812 Å². The first-order valence-electron chi connectivity index (χ1n) is 39.6. The maximum atomic E-state index is 13.1. The number of carboxylic acid groups (broad SMARTS) is 1. The van der Waals surface area contributed by atoms with Gasteiger partial charge in [-0.3, -0.25) is 63.4 Å². The highest BCUT2D eigenvalue weighted by molar-refractivity contribution is 9.11. The zero-order valence-corrected chi connectivity index (χ0v) is 80.4. The van der Waals surface area contributed by atoms with Crippen molar-refractivity contribution in [3.8, 4) is 17.9 Å². The molecule has 7 aromatic carbocycles. The van der Waals surface area contributed by atoms with E-state index in [0.29, 0.717) is 62.1 Å². The van der Waals surface area contributed by atoms with Crippen LogP contribution in [-0.2, 0) is 52.6 Å². The van der Waals surface area contributed by atoms with Gasteiger partial charge in [0, 0.05) is 73.5 Å². The topological polar surface area (TPSA) is 501 Å².